The summed E-state index contributed by atoms with van der Waals surface area (Å²) in [6, 6.07) is 6.54. The van der Waals surface area contributed by atoms with Gasteiger partial charge in [0.15, 0.2) is 0 Å². The van der Waals surface area contributed by atoms with E-state index in [0.717, 1.165) is 37.9 Å². The topological polar surface area (TPSA) is 55.9 Å². The number of anilines is 1. The number of amides is 3. The smallest absolute Gasteiger partial charge is 0.319 e. The zero-order valence-corrected chi connectivity index (χ0v) is 16.2. The third-order valence-electron chi connectivity index (χ3n) is 5.45. The Morgan fingerprint density at radius 3 is 2.33 bits per heavy atom. The van der Waals surface area contributed by atoms with Gasteiger partial charge >= 0.3 is 6.03 Å². The number of carbonyl (C=O) groups is 2. The minimum Gasteiger partial charge on any atom is -0.381 e. The number of benzene rings is 1. The summed E-state index contributed by atoms with van der Waals surface area (Å²) in [7, 11) is 3.50. The number of hydrogen-bond acceptors (Lipinski definition) is 3. The van der Waals surface area contributed by atoms with E-state index in [-0.39, 0.29) is 29.7 Å². The van der Waals surface area contributed by atoms with E-state index in [1.54, 1.807) is 31.1 Å². The van der Waals surface area contributed by atoms with Crippen molar-refractivity contribution in [2.24, 2.45) is 5.92 Å². The zero-order chi connectivity index (χ0) is 19.4. The lowest BCUT2D eigenvalue weighted by Gasteiger charge is -2.38. The van der Waals surface area contributed by atoms with Crippen molar-refractivity contribution in [2.45, 2.75) is 31.7 Å². The molecule has 2 saturated heterocycles. The second-order valence-electron chi connectivity index (χ2n) is 7.71. The van der Waals surface area contributed by atoms with E-state index >= 15 is 0 Å². The average molecular weight is 376 g/mol. The average Bonchev–Trinajstić information content (AvgIpc) is 2.69. The van der Waals surface area contributed by atoms with Gasteiger partial charge < -0.3 is 20.0 Å². The number of nitrogens with one attached hydrogen (secondary N) is 1. The van der Waals surface area contributed by atoms with Crippen molar-refractivity contribution in [3.8, 4) is 0 Å². The van der Waals surface area contributed by atoms with Crippen molar-refractivity contribution < 1.29 is 14.0 Å². The molecule has 0 aliphatic carbocycles. The highest BCUT2D eigenvalue weighted by molar-refractivity contribution is 5.80. The largest absolute Gasteiger partial charge is 0.381 e. The van der Waals surface area contributed by atoms with Gasteiger partial charge in [-0.2, -0.15) is 0 Å². The summed E-state index contributed by atoms with van der Waals surface area (Å²) in [6.07, 6.45) is 3.41. The molecule has 0 radical (unpaired) electrons. The van der Waals surface area contributed by atoms with Gasteiger partial charge in [0, 0.05) is 57.9 Å². The summed E-state index contributed by atoms with van der Waals surface area (Å²) < 4.78 is 13.1. The Morgan fingerprint density at radius 1 is 1.04 bits per heavy atom. The van der Waals surface area contributed by atoms with Crippen LogP contribution in [0.2, 0.25) is 0 Å². The molecule has 1 unspecified atom stereocenters. The van der Waals surface area contributed by atoms with E-state index in [1.165, 1.54) is 12.1 Å². The standard InChI is InChI=1S/C20H29FN4O2/c1-23(2)20(27)24-12-9-15(10-13-24)19(26)25-11-3-4-18(14-25)22-17-7-5-16(21)6-8-17/h5-8,15,18,22H,3-4,9-14H2,1-2H3. The molecular formula is C20H29FN4O2. The molecule has 1 atom stereocenters. The number of urea groups is 1. The predicted molar refractivity (Wildman–Crippen MR) is 103 cm³/mol. The van der Waals surface area contributed by atoms with Crippen molar-refractivity contribution in [3.63, 3.8) is 0 Å². The van der Waals surface area contributed by atoms with E-state index in [4.69, 9.17) is 0 Å². The van der Waals surface area contributed by atoms with E-state index in [9.17, 15) is 14.0 Å². The van der Waals surface area contributed by atoms with E-state index in [0.29, 0.717) is 19.6 Å². The van der Waals surface area contributed by atoms with Crippen LogP contribution >= 0.6 is 0 Å². The first kappa shape index (κ1) is 19.5. The Hall–Kier alpha value is -2.31. The van der Waals surface area contributed by atoms with Crippen molar-refractivity contribution in [1.82, 2.24) is 14.7 Å². The van der Waals surface area contributed by atoms with Gasteiger partial charge in [-0.15, -0.1) is 0 Å². The van der Waals surface area contributed by atoms with Crippen LogP contribution < -0.4 is 5.32 Å². The van der Waals surface area contributed by atoms with Crippen molar-refractivity contribution in [1.29, 1.82) is 0 Å². The maximum atomic E-state index is 13.1. The summed E-state index contributed by atoms with van der Waals surface area (Å²) in [5.41, 5.74) is 0.881. The molecule has 1 aromatic carbocycles. The molecule has 148 valence electrons. The molecule has 3 rings (SSSR count). The zero-order valence-electron chi connectivity index (χ0n) is 16.2. The number of piperidine rings is 2. The molecule has 0 bridgehead atoms. The second kappa shape index (κ2) is 8.59. The molecule has 2 heterocycles. The summed E-state index contributed by atoms with van der Waals surface area (Å²) in [5.74, 6) is -0.0431. The number of nitrogens with zero attached hydrogens (tertiary/aromatic N) is 3. The quantitative estimate of drug-likeness (QED) is 0.882. The summed E-state index contributed by atoms with van der Waals surface area (Å²) in [4.78, 5) is 30.3. The number of likely N-dealkylation sites (tertiary alicyclic amines) is 2. The Kier molecular flexibility index (Phi) is 6.19. The van der Waals surface area contributed by atoms with Gasteiger partial charge in [-0.1, -0.05) is 0 Å². The van der Waals surface area contributed by atoms with Crippen LogP contribution in [0.1, 0.15) is 25.7 Å². The molecule has 0 spiro atoms. The van der Waals surface area contributed by atoms with E-state index < -0.39 is 0 Å². The van der Waals surface area contributed by atoms with Gasteiger partial charge in [-0.25, -0.2) is 9.18 Å². The third-order valence-corrected chi connectivity index (χ3v) is 5.45. The molecule has 0 saturated carbocycles. The van der Waals surface area contributed by atoms with Crippen molar-refractivity contribution in [2.75, 3.05) is 45.6 Å². The number of rotatable bonds is 3. The summed E-state index contributed by atoms with van der Waals surface area (Å²) in [6.45, 7) is 2.74. The fourth-order valence-electron chi connectivity index (χ4n) is 3.94. The van der Waals surface area contributed by atoms with Gasteiger partial charge in [0.1, 0.15) is 5.82 Å². The molecule has 2 aliphatic rings. The van der Waals surface area contributed by atoms with Crippen LogP contribution in [-0.4, -0.2) is 73.0 Å². The molecule has 3 amide bonds. The van der Waals surface area contributed by atoms with Crippen LogP contribution in [0, 0.1) is 11.7 Å². The maximum absolute atomic E-state index is 13.1. The van der Waals surface area contributed by atoms with Crippen LogP contribution in [0.4, 0.5) is 14.9 Å². The minimum atomic E-state index is -0.250. The van der Waals surface area contributed by atoms with E-state index in [2.05, 4.69) is 5.32 Å². The SMILES string of the molecule is CN(C)C(=O)N1CCC(C(=O)N2CCCC(Nc3ccc(F)cc3)C2)CC1. The first-order valence-corrected chi connectivity index (χ1v) is 9.71. The monoisotopic (exact) mass is 376 g/mol. The predicted octanol–water partition coefficient (Wildman–Crippen LogP) is 2.62. The van der Waals surface area contributed by atoms with Crippen LogP contribution in [-0.2, 0) is 4.79 Å². The molecule has 1 N–H and O–H groups in total. The highest BCUT2D eigenvalue weighted by Gasteiger charge is 2.32. The van der Waals surface area contributed by atoms with Crippen molar-refractivity contribution in [3.05, 3.63) is 30.1 Å². The van der Waals surface area contributed by atoms with Crippen LogP contribution in [0.3, 0.4) is 0 Å². The Balaban J connectivity index is 1.51. The second-order valence-corrected chi connectivity index (χ2v) is 7.71. The molecule has 2 fully saturated rings. The van der Waals surface area contributed by atoms with Gasteiger partial charge in [0.05, 0.1) is 0 Å². The molecule has 7 heteroatoms. The van der Waals surface area contributed by atoms with Crippen molar-refractivity contribution >= 4 is 17.6 Å². The molecule has 2 aliphatic heterocycles. The number of carbonyl (C=O) groups excluding carboxylic acids is 2. The first-order valence-electron chi connectivity index (χ1n) is 9.71. The molecule has 27 heavy (non-hydrogen) atoms. The first-order chi connectivity index (χ1) is 12.9. The molecule has 6 nitrogen and oxygen atoms in total. The van der Waals surface area contributed by atoms with Gasteiger partial charge in [0.25, 0.3) is 0 Å². The van der Waals surface area contributed by atoms with Gasteiger partial charge in [-0.3, -0.25) is 4.79 Å². The van der Waals surface area contributed by atoms with Crippen LogP contribution in [0.25, 0.3) is 0 Å². The molecular weight excluding hydrogens is 347 g/mol. The highest BCUT2D eigenvalue weighted by atomic mass is 19.1. The maximum Gasteiger partial charge on any atom is 0.319 e. The third kappa shape index (κ3) is 4.90. The van der Waals surface area contributed by atoms with Gasteiger partial charge in [-0.05, 0) is 49.9 Å². The Morgan fingerprint density at radius 2 is 1.70 bits per heavy atom. The Labute approximate surface area is 160 Å². The van der Waals surface area contributed by atoms with Crippen LogP contribution in [0.15, 0.2) is 24.3 Å². The lowest BCUT2D eigenvalue weighted by atomic mass is 9.94. The normalized spacial score (nSPS) is 21.1. The summed E-state index contributed by atoms with van der Waals surface area (Å²) >= 11 is 0. The Bertz CT molecular complexity index is 656. The highest BCUT2D eigenvalue weighted by Crippen LogP contribution is 2.23. The number of hydrogen-bond donors (Lipinski definition) is 1. The van der Waals surface area contributed by atoms with Crippen LogP contribution in [0.5, 0.6) is 0 Å². The van der Waals surface area contributed by atoms with Gasteiger partial charge in [0.2, 0.25) is 5.91 Å². The lowest BCUT2D eigenvalue weighted by molar-refractivity contribution is -0.138. The summed E-state index contributed by atoms with van der Waals surface area (Å²) in [5, 5.41) is 3.41. The van der Waals surface area contributed by atoms with E-state index in [1.807, 2.05) is 9.80 Å². The fourth-order valence-corrected chi connectivity index (χ4v) is 3.94. The number of halogens is 1. The molecule has 1 aromatic rings. The lowest BCUT2D eigenvalue weighted by Crippen LogP contribution is -2.50. The fraction of sp³-hybridized carbons (Fsp3) is 0.600. The molecule has 0 aromatic heterocycles. The minimum absolute atomic E-state index is 0.000725.